The number of aliphatic imine (C=N–C) groups is 1. The summed E-state index contributed by atoms with van der Waals surface area (Å²) in [6, 6.07) is 7.74. The third-order valence-corrected chi connectivity index (χ3v) is 4.22. The molecule has 8 heteroatoms. The molecule has 152 valence electrons. The summed E-state index contributed by atoms with van der Waals surface area (Å²) in [4.78, 5) is 18.3. The fourth-order valence-electron chi connectivity index (χ4n) is 2.83. The molecule has 0 radical (unpaired) electrons. The summed E-state index contributed by atoms with van der Waals surface area (Å²) in [5.74, 6) is 2.58. The van der Waals surface area contributed by atoms with Gasteiger partial charge in [0, 0.05) is 32.1 Å². The van der Waals surface area contributed by atoms with Gasteiger partial charge in [-0.3, -0.25) is 4.79 Å². The highest BCUT2D eigenvalue weighted by Crippen LogP contribution is 2.16. The number of halogens is 1. The van der Waals surface area contributed by atoms with Gasteiger partial charge in [-0.1, -0.05) is 6.92 Å². The molecule has 1 unspecified atom stereocenters. The quantitative estimate of drug-likeness (QED) is 0.253. The second-order valence-electron chi connectivity index (χ2n) is 6.11. The lowest BCUT2D eigenvalue weighted by Crippen LogP contribution is -2.45. The molecule has 1 amide bonds. The second kappa shape index (κ2) is 12.6. The van der Waals surface area contributed by atoms with E-state index < -0.39 is 0 Å². The Morgan fingerprint density at radius 1 is 1.26 bits per heavy atom. The van der Waals surface area contributed by atoms with Crippen molar-refractivity contribution in [3.63, 3.8) is 0 Å². The fourth-order valence-corrected chi connectivity index (χ4v) is 2.83. The number of rotatable bonds is 8. The standard InChI is InChI=1S/C19H30N4O3.HI/c1-4-18(24)23-12-10-15(14-23)22-19(20-5-2)21-11-13-26-17-8-6-16(25-3)7-9-17;/h6-9,15H,4-5,10-14H2,1-3H3,(H2,20,21,22);1H. The van der Waals surface area contributed by atoms with Gasteiger partial charge in [0.15, 0.2) is 5.96 Å². The minimum atomic E-state index is 0. The molecule has 1 aromatic rings. The number of nitrogens with one attached hydrogen (secondary N) is 2. The van der Waals surface area contributed by atoms with Gasteiger partial charge < -0.3 is 25.0 Å². The molecule has 1 atom stereocenters. The summed E-state index contributed by atoms with van der Waals surface area (Å²) in [7, 11) is 1.64. The van der Waals surface area contributed by atoms with Crippen LogP contribution in [0.15, 0.2) is 29.3 Å². The monoisotopic (exact) mass is 490 g/mol. The Morgan fingerprint density at radius 2 is 1.96 bits per heavy atom. The van der Waals surface area contributed by atoms with Crippen molar-refractivity contribution >= 4 is 35.8 Å². The van der Waals surface area contributed by atoms with E-state index in [-0.39, 0.29) is 35.9 Å². The van der Waals surface area contributed by atoms with Gasteiger partial charge in [0.05, 0.1) is 13.7 Å². The van der Waals surface area contributed by atoms with Gasteiger partial charge in [-0.25, -0.2) is 4.99 Å². The van der Waals surface area contributed by atoms with Gasteiger partial charge in [-0.15, -0.1) is 24.0 Å². The van der Waals surface area contributed by atoms with Crippen molar-refractivity contribution in [1.82, 2.24) is 15.5 Å². The first-order valence-corrected chi connectivity index (χ1v) is 9.25. The molecule has 1 aliphatic rings. The topological polar surface area (TPSA) is 75.2 Å². The van der Waals surface area contributed by atoms with Gasteiger partial charge >= 0.3 is 0 Å². The van der Waals surface area contributed by atoms with E-state index in [0.717, 1.165) is 43.5 Å². The Kier molecular flexibility index (Phi) is 10.9. The zero-order valence-corrected chi connectivity index (χ0v) is 18.7. The molecule has 0 aromatic heterocycles. The average molecular weight is 490 g/mol. The largest absolute Gasteiger partial charge is 0.497 e. The van der Waals surface area contributed by atoms with Gasteiger partial charge in [0.2, 0.25) is 5.91 Å². The molecule has 2 rings (SSSR count). The van der Waals surface area contributed by atoms with E-state index in [1.54, 1.807) is 7.11 Å². The number of nitrogens with zero attached hydrogens (tertiary/aromatic N) is 2. The number of carbonyl (C=O) groups excluding carboxylic acids is 1. The van der Waals surface area contributed by atoms with Crippen molar-refractivity contribution in [1.29, 1.82) is 0 Å². The first kappa shape index (κ1) is 23.3. The van der Waals surface area contributed by atoms with Crippen molar-refractivity contribution in [2.24, 2.45) is 4.99 Å². The molecule has 1 heterocycles. The molecule has 0 spiro atoms. The van der Waals surface area contributed by atoms with Crippen LogP contribution in [0.3, 0.4) is 0 Å². The van der Waals surface area contributed by atoms with E-state index in [1.165, 1.54) is 0 Å². The average Bonchev–Trinajstić information content (AvgIpc) is 3.13. The Balaban J connectivity index is 0.00000364. The van der Waals surface area contributed by atoms with E-state index in [4.69, 9.17) is 9.47 Å². The van der Waals surface area contributed by atoms with Crippen LogP contribution in [-0.2, 0) is 4.79 Å². The van der Waals surface area contributed by atoms with Gasteiger partial charge in [-0.05, 0) is 37.6 Å². The molecule has 1 saturated heterocycles. The molecule has 1 aromatic carbocycles. The number of methoxy groups -OCH3 is 1. The maximum Gasteiger partial charge on any atom is 0.222 e. The lowest BCUT2D eigenvalue weighted by atomic mass is 10.3. The van der Waals surface area contributed by atoms with E-state index in [1.807, 2.05) is 43.0 Å². The number of hydrogen-bond acceptors (Lipinski definition) is 4. The van der Waals surface area contributed by atoms with Crippen molar-refractivity contribution in [3.8, 4) is 11.5 Å². The molecule has 0 aliphatic carbocycles. The van der Waals surface area contributed by atoms with Crippen LogP contribution >= 0.6 is 24.0 Å². The number of hydrogen-bond donors (Lipinski definition) is 2. The molecule has 2 N–H and O–H groups in total. The summed E-state index contributed by atoms with van der Waals surface area (Å²) < 4.78 is 10.8. The first-order chi connectivity index (χ1) is 12.7. The Bertz CT molecular complexity index is 595. The number of carbonyl (C=O) groups is 1. The fraction of sp³-hybridized carbons (Fsp3) is 0.579. The lowest BCUT2D eigenvalue weighted by molar-refractivity contribution is -0.129. The Hall–Kier alpha value is -1.71. The van der Waals surface area contributed by atoms with Gasteiger partial charge in [0.1, 0.15) is 18.1 Å². The zero-order chi connectivity index (χ0) is 18.8. The summed E-state index contributed by atoms with van der Waals surface area (Å²) in [6.07, 6.45) is 1.50. The van der Waals surface area contributed by atoms with Crippen LogP contribution in [0.2, 0.25) is 0 Å². The van der Waals surface area contributed by atoms with Crippen LogP contribution in [0.5, 0.6) is 11.5 Å². The SMILES string of the molecule is CCNC(=NCCOc1ccc(OC)cc1)NC1CCN(C(=O)CC)C1.I. The van der Waals surface area contributed by atoms with E-state index in [2.05, 4.69) is 15.6 Å². The molecule has 0 bridgehead atoms. The maximum absolute atomic E-state index is 11.8. The van der Waals surface area contributed by atoms with Crippen LogP contribution in [0, 0.1) is 0 Å². The predicted octanol–water partition coefficient (Wildman–Crippen LogP) is 2.26. The third kappa shape index (κ3) is 7.82. The molecule has 7 nitrogen and oxygen atoms in total. The molecule has 1 fully saturated rings. The van der Waals surface area contributed by atoms with Gasteiger partial charge in [0.25, 0.3) is 0 Å². The van der Waals surface area contributed by atoms with Crippen LogP contribution in [0.1, 0.15) is 26.7 Å². The smallest absolute Gasteiger partial charge is 0.222 e. The number of amides is 1. The summed E-state index contributed by atoms with van der Waals surface area (Å²) in [5, 5.41) is 6.66. The summed E-state index contributed by atoms with van der Waals surface area (Å²) >= 11 is 0. The third-order valence-electron chi connectivity index (χ3n) is 4.22. The van der Waals surface area contributed by atoms with Crippen LogP contribution < -0.4 is 20.1 Å². The summed E-state index contributed by atoms with van der Waals surface area (Å²) in [6.45, 7) is 7.31. The number of ether oxygens (including phenoxy) is 2. The molecule has 0 saturated carbocycles. The van der Waals surface area contributed by atoms with E-state index >= 15 is 0 Å². The maximum atomic E-state index is 11.8. The lowest BCUT2D eigenvalue weighted by Gasteiger charge is -2.18. The van der Waals surface area contributed by atoms with Crippen molar-refractivity contribution in [3.05, 3.63) is 24.3 Å². The highest BCUT2D eigenvalue weighted by atomic mass is 127. The van der Waals surface area contributed by atoms with E-state index in [9.17, 15) is 4.79 Å². The molecule has 1 aliphatic heterocycles. The minimum Gasteiger partial charge on any atom is -0.497 e. The Labute approximate surface area is 178 Å². The highest BCUT2D eigenvalue weighted by Gasteiger charge is 2.25. The molecule has 27 heavy (non-hydrogen) atoms. The number of likely N-dealkylation sites (tertiary alicyclic amines) is 1. The Morgan fingerprint density at radius 3 is 2.59 bits per heavy atom. The summed E-state index contributed by atoms with van der Waals surface area (Å²) in [5.41, 5.74) is 0. The van der Waals surface area contributed by atoms with Crippen LogP contribution in [-0.4, -0.2) is 62.7 Å². The molecular formula is C19H31IN4O3. The minimum absolute atomic E-state index is 0. The predicted molar refractivity (Wildman–Crippen MR) is 118 cm³/mol. The first-order valence-electron chi connectivity index (χ1n) is 9.25. The normalized spacial score (nSPS) is 16.5. The zero-order valence-electron chi connectivity index (χ0n) is 16.4. The van der Waals surface area contributed by atoms with Crippen LogP contribution in [0.25, 0.3) is 0 Å². The van der Waals surface area contributed by atoms with Crippen LogP contribution in [0.4, 0.5) is 0 Å². The number of guanidine groups is 1. The highest BCUT2D eigenvalue weighted by molar-refractivity contribution is 14.0. The van der Waals surface area contributed by atoms with E-state index in [0.29, 0.717) is 19.6 Å². The number of benzene rings is 1. The van der Waals surface area contributed by atoms with Crippen molar-refractivity contribution < 1.29 is 14.3 Å². The van der Waals surface area contributed by atoms with Gasteiger partial charge in [-0.2, -0.15) is 0 Å². The van der Waals surface area contributed by atoms with Crippen molar-refractivity contribution in [2.75, 3.05) is 39.9 Å². The van der Waals surface area contributed by atoms with Crippen molar-refractivity contribution in [2.45, 2.75) is 32.7 Å². The second-order valence-corrected chi connectivity index (χ2v) is 6.11. The molecular weight excluding hydrogens is 459 g/mol.